The summed E-state index contributed by atoms with van der Waals surface area (Å²) < 4.78 is 10.6. The molecule has 2 atom stereocenters. The van der Waals surface area contributed by atoms with Gasteiger partial charge in [0.1, 0.15) is 5.78 Å². The lowest BCUT2D eigenvalue weighted by atomic mass is 10.1. The maximum Gasteiger partial charge on any atom is 0.164 e. The third-order valence-corrected chi connectivity index (χ3v) is 3.15. The molecule has 1 saturated carbocycles. The van der Waals surface area contributed by atoms with E-state index in [-0.39, 0.29) is 11.7 Å². The summed E-state index contributed by atoms with van der Waals surface area (Å²) in [6.45, 7) is 1.65. The maximum absolute atomic E-state index is 11.3. The van der Waals surface area contributed by atoms with Gasteiger partial charge in [0.2, 0.25) is 0 Å². The Bertz CT molecular complexity index is 412. The highest BCUT2D eigenvalue weighted by Crippen LogP contribution is 2.52. The fourth-order valence-corrected chi connectivity index (χ4v) is 2.19. The van der Waals surface area contributed by atoms with Crippen LogP contribution in [-0.4, -0.2) is 20.0 Å². The molecule has 0 N–H and O–H groups in total. The van der Waals surface area contributed by atoms with E-state index in [0.717, 1.165) is 23.5 Å². The van der Waals surface area contributed by atoms with Gasteiger partial charge in [-0.25, -0.2) is 0 Å². The molecule has 1 aromatic carbocycles. The smallest absolute Gasteiger partial charge is 0.164 e. The number of carbonyl (C=O) groups excluding carboxylic acids is 1. The van der Waals surface area contributed by atoms with Gasteiger partial charge in [-0.05, 0) is 25.3 Å². The minimum absolute atomic E-state index is 0.168. The highest BCUT2D eigenvalue weighted by Gasteiger charge is 2.43. The molecule has 2 rings (SSSR count). The molecule has 16 heavy (non-hydrogen) atoms. The number of carbonyl (C=O) groups is 1. The molecule has 1 fully saturated rings. The molecule has 0 unspecified atom stereocenters. The van der Waals surface area contributed by atoms with Crippen LogP contribution in [0.4, 0.5) is 0 Å². The predicted octanol–water partition coefficient (Wildman–Crippen LogP) is 2.40. The van der Waals surface area contributed by atoms with Crippen LogP contribution in [0.1, 0.15) is 24.8 Å². The average Bonchev–Trinajstić information content (AvgIpc) is 3.07. The minimum Gasteiger partial charge on any atom is -0.493 e. The van der Waals surface area contributed by atoms with Crippen LogP contribution in [0.15, 0.2) is 18.2 Å². The quantitative estimate of drug-likeness (QED) is 0.781. The second-order valence-electron chi connectivity index (χ2n) is 4.14. The summed E-state index contributed by atoms with van der Waals surface area (Å²) in [6, 6.07) is 5.81. The molecule has 86 valence electrons. The summed E-state index contributed by atoms with van der Waals surface area (Å²) in [4.78, 5) is 11.3. The van der Waals surface area contributed by atoms with Crippen molar-refractivity contribution in [2.24, 2.45) is 5.92 Å². The molecule has 0 amide bonds. The molecular weight excluding hydrogens is 204 g/mol. The molecule has 0 saturated heterocycles. The van der Waals surface area contributed by atoms with Crippen LogP contribution in [0.5, 0.6) is 11.5 Å². The van der Waals surface area contributed by atoms with E-state index in [1.165, 1.54) is 0 Å². The van der Waals surface area contributed by atoms with E-state index in [2.05, 4.69) is 0 Å². The molecule has 1 aliphatic rings. The van der Waals surface area contributed by atoms with E-state index >= 15 is 0 Å². The Labute approximate surface area is 95.4 Å². The number of benzene rings is 1. The topological polar surface area (TPSA) is 35.5 Å². The van der Waals surface area contributed by atoms with Crippen LogP contribution in [0.2, 0.25) is 0 Å². The van der Waals surface area contributed by atoms with Crippen molar-refractivity contribution in [3.63, 3.8) is 0 Å². The van der Waals surface area contributed by atoms with E-state index in [1.807, 2.05) is 18.2 Å². The van der Waals surface area contributed by atoms with Gasteiger partial charge in [-0.2, -0.15) is 0 Å². The molecule has 0 aliphatic heterocycles. The van der Waals surface area contributed by atoms with Gasteiger partial charge in [0, 0.05) is 11.5 Å². The van der Waals surface area contributed by atoms with Crippen molar-refractivity contribution >= 4 is 5.78 Å². The summed E-state index contributed by atoms with van der Waals surface area (Å²) in [7, 11) is 3.25. The van der Waals surface area contributed by atoms with Crippen molar-refractivity contribution < 1.29 is 14.3 Å². The number of hydrogen-bond acceptors (Lipinski definition) is 3. The SMILES string of the molecule is COc1cccc([C@H]2C[C@@H]2C(C)=O)c1OC. The summed E-state index contributed by atoms with van der Waals surface area (Å²) in [5, 5.41) is 0. The maximum atomic E-state index is 11.3. The Hall–Kier alpha value is -1.51. The summed E-state index contributed by atoms with van der Waals surface area (Å²) in [6.07, 6.45) is 0.929. The number of hydrogen-bond donors (Lipinski definition) is 0. The van der Waals surface area contributed by atoms with Crippen molar-refractivity contribution in [3.8, 4) is 11.5 Å². The zero-order chi connectivity index (χ0) is 11.7. The van der Waals surface area contributed by atoms with E-state index in [9.17, 15) is 4.79 Å². The Morgan fingerprint density at radius 3 is 2.56 bits per heavy atom. The fraction of sp³-hybridized carbons (Fsp3) is 0.462. The number of rotatable bonds is 4. The highest BCUT2D eigenvalue weighted by molar-refractivity contribution is 5.83. The number of methoxy groups -OCH3 is 2. The molecule has 1 aromatic rings. The molecule has 0 spiro atoms. The lowest BCUT2D eigenvalue weighted by Crippen LogP contribution is -1.98. The van der Waals surface area contributed by atoms with Crippen molar-refractivity contribution in [2.45, 2.75) is 19.3 Å². The zero-order valence-electron chi connectivity index (χ0n) is 9.82. The van der Waals surface area contributed by atoms with Gasteiger partial charge < -0.3 is 9.47 Å². The van der Waals surface area contributed by atoms with Crippen LogP contribution < -0.4 is 9.47 Å². The first-order chi connectivity index (χ1) is 7.69. The lowest BCUT2D eigenvalue weighted by molar-refractivity contribution is -0.118. The summed E-state index contributed by atoms with van der Waals surface area (Å²) in [5.41, 5.74) is 1.09. The van der Waals surface area contributed by atoms with Crippen LogP contribution >= 0.6 is 0 Å². The Morgan fingerprint density at radius 1 is 1.31 bits per heavy atom. The molecule has 0 radical (unpaired) electrons. The number of para-hydroxylation sites is 1. The van der Waals surface area contributed by atoms with Gasteiger partial charge in [0.05, 0.1) is 14.2 Å². The lowest BCUT2D eigenvalue weighted by Gasteiger charge is -2.12. The molecule has 3 heteroatoms. The standard InChI is InChI=1S/C13H16O3/c1-8(14)10-7-11(10)9-5-4-6-12(15-2)13(9)16-3/h4-6,10-11H,7H2,1-3H3/t10-,11-/m1/s1. The van der Waals surface area contributed by atoms with Crippen molar-refractivity contribution in [3.05, 3.63) is 23.8 Å². The van der Waals surface area contributed by atoms with Crippen molar-refractivity contribution in [1.29, 1.82) is 0 Å². The summed E-state index contributed by atoms with van der Waals surface area (Å²) in [5.74, 6) is 2.23. The summed E-state index contributed by atoms with van der Waals surface area (Å²) >= 11 is 0. The number of Topliss-reactive ketones (excluding diaryl/α,β-unsaturated/α-hetero) is 1. The van der Waals surface area contributed by atoms with Crippen LogP contribution in [-0.2, 0) is 4.79 Å². The van der Waals surface area contributed by atoms with Crippen molar-refractivity contribution in [1.82, 2.24) is 0 Å². The van der Waals surface area contributed by atoms with E-state index in [1.54, 1.807) is 21.1 Å². The second-order valence-corrected chi connectivity index (χ2v) is 4.14. The van der Waals surface area contributed by atoms with Gasteiger partial charge in [-0.15, -0.1) is 0 Å². The monoisotopic (exact) mass is 220 g/mol. The van der Waals surface area contributed by atoms with E-state index < -0.39 is 0 Å². The van der Waals surface area contributed by atoms with Crippen molar-refractivity contribution in [2.75, 3.05) is 14.2 Å². The Morgan fingerprint density at radius 2 is 2.06 bits per heavy atom. The van der Waals surface area contributed by atoms with Gasteiger partial charge in [0.15, 0.2) is 11.5 Å². The third-order valence-electron chi connectivity index (χ3n) is 3.15. The molecule has 1 aliphatic carbocycles. The normalized spacial score (nSPS) is 22.7. The van der Waals surface area contributed by atoms with Gasteiger partial charge in [0.25, 0.3) is 0 Å². The van der Waals surface area contributed by atoms with Crippen LogP contribution in [0.25, 0.3) is 0 Å². The molecule has 3 nitrogen and oxygen atoms in total. The van der Waals surface area contributed by atoms with E-state index in [4.69, 9.17) is 9.47 Å². The minimum atomic E-state index is 0.168. The van der Waals surface area contributed by atoms with Gasteiger partial charge in [-0.3, -0.25) is 4.79 Å². The molecule has 0 aromatic heterocycles. The molecular formula is C13H16O3. The molecule has 0 bridgehead atoms. The zero-order valence-corrected chi connectivity index (χ0v) is 9.82. The third kappa shape index (κ3) is 1.77. The fourth-order valence-electron chi connectivity index (χ4n) is 2.19. The van der Waals surface area contributed by atoms with E-state index in [0.29, 0.717) is 5.92 Å². The largest absolute Gasteiger partial charge is 0.493 e. The highest BCUT2D eigenvalue weighted by atomic mass is 16.5. The second kappa shape index (κ2) is 4.16. The Balaban J connectivity index is 2.31. The first-order valence-corrected chi connectivity index (χ1v) is 5.40. The van der Waals surface area contributed by atoms with Crippen LogP contribution in [0.3, 0.4) is 0 Å². The first kappa shape index (κ1) is 11.0. The van der Waals surface area contributed by atoms with Crippen LogP contribution in [0, 0.1) is 5.92 Å². The average molecular weight is 220 g/mol. The molecule has 0 heterocycles. The van der Waals surface area contributed by atoms with Gasteiger partial charge >= 0.3 is 0 Å². The first-order valence-electron chi connectivity index (χ1n) is 5.40. The Kier molecular flexibility index (Phi) is 2.86. The van der Waals surface area contributed by atoms with Gasteiger partial charge in [-0.1, -0.05) is 12.1 Å². The number of ether oxygens (including phenoxy) is 2. The predicted molar refractivity (Wildman–Crippen MR) is 61.1 cm³/mol. The number of ketones is 1.